The van der Waals surface area contributed by atoms with Gasteiger partial charge in [0.25, 0.3) is 0 Å². The monoisotopic (exact) mass is 338 g/mol. The molecule has 0 spiro atoms. The lowest BCUT2D eigenvalue weighted by Crippen LogP contribution is -2.40. The number of aliphatic hydroxyl groups excluding tert-OH is 1. The molecule has 0 aromatic carbocycles. The van der Waals surface area contributed by atoms with E-state index in [9.17, 15) is 9.90 Å². The van der Waals surface area contributed by atoms with Crippen LogP contribution in [-0.2, 0) is 0 Å². The summed E-state index contributed by atoms with van der Waals surface area (Å²) in [5, 5.41) is 21.6. The van der Waals surface area contributed by atoms with Gasteiger partial charge in [0.2, 0.25) is 0 Å². The summed E-state index contributed by atoms with van der Waals surface area (Å²) in [4.78, 5) is 13.2. The molecule has 2 rings (SSSR count). The molecule has 0 bridgehead atoms. The highest BCUT2D eigenvalue weighted by atomic mass is 32.1. The first-order valence-corrected chi connectivity index (χ1v) is 9.16. The van der Waals surface area contributed by atoms with Gasteiger partial charge in [0, 0.05) is 11.4 Å². The number of rotatable bonds is 7. The molecule has 0 radical (unpaired) electrons. The van der Waals surface area contributed by atoms with Crippen LogP contribution < -0.4 is 10.6 Å². The number of hydrogen-bond acceptors (Lipinski definition) is 4. The molecular formula is C16H22N2O2S2. The zero-order chi connectivity index (χ0) is 15.9. The van der Waals surface area contributed by atoms with Crippen LogP contribution in [0.2, 0.25) is 0 Å². The Kier molecular flexibility index (Phi) is 6.42. The maximum Gasteiger partial charge on any atom is 0.315 e. The number of urea groups is 1. The Labute approximate surface area is 139 Å². The molecule has 3 N–H and O–H groups in total. The second-order valence-corrected chi connectivity index (χ2v) is 7.38. The Morgan fingerprint density at radius 2 is 2.14 bits per heavy atom. The Hall–Kier alpha value is -1.37. The Balaban J connectivity index is 1.85. The van der Waals surface area contributed by atoms with E-state index in [-0.39, 0.29) is 18.6 Å². The fourth-order valence-corrected chi connectivity index (χ4v) is 3.69. The number of hydrogen-bond donors (Lipinski definition) is 3. The summed E-state index contributed by atoms with van der Waals surface area (Å²) in [6.07, 6.45) is 0.225. The number of aliphatic hydroxyl groups is 1. The topological polar surface area (TPSA) is 61.4 Å². The van der Waals surface area contributed by atoms with E-state index in [1.807, 2.05) is 34.3 Å². The molecule has 2 unspecified atom stereocenters. The molecule has 4 nitrogen and oxygen atoms in total. The lowest BCUT2D eigenvalue weighted by Gasteiger charge is -2.20. The van der Waals surface area contributed by atoms with Gasteiger partial charge in [-0.05, 0) is 46.2 Å². The van der Waals surface area contributed by atoms with Crippen molar-refractivity contribution in [1.29, 1.82) is 0 Å². The third-order valence-corrected chi connectivity index (χ3v) is 4.97. The van der Waals surface area contributed by atoms with Gasteiger partial charge in [-0.2, -0.15) is 11.3 Å². The number of nitrogens with one attached hydrogen (secondary N) is 2. The fourth-order valence-electron chi connectivity index (χ4n) is 2.19. The Bertz CT molecular complexity index is 553. The van der Waals surface area contributed by atoms with Crippen LogP contribution in [0.25, 0.3) is 0 Å². The summed E-state index contributed by atoms with van der Waals surface area (Å²) in [7, 11) is 0. The number of amides is 2. The summed E-state index contributed by atoms with van der Waals surface area (Å²) < 4.78 is 0. The Morgan fingerprint density at radius 1 is 1.32 bits per heavy atom. The van der Waals surface area contributed by atoms with E-state index in [2.05, 4.69) is 24.5 Å². The van der Waals surface area contributed by atoms with E-state index in [0.717, 1.165) is 16.9 Å². The van der Waals surface area contributed by atoms with Gasteiger partial charge < -0.3 is 15.7 Å². The molecule has 2 heterocycles. The Morgan fingerprint density at radius 3 is 2.73 bits per heavy atom. The molecule has 22 heavy (non-hydrogen) atoms. The van der Waals surface area contributed by atoms with Crippen molar-refractivity contribution >= 4 is 28.7 Å². The molecule has 2 aromatic rings. The van der Waals surface area contributed by atoms with Crippen molar-refractivity contribution in [2.75, 3.05) is 6.54 Å². The molecule has 120 valence electrons. The van der Waals surface area contributed by atoms with Crippen LogP contribution in [0, 0.1) is 5.92 Å². The van der Waals surface area contributed by atoms with Gasteiger partial charge >= 0.3 is 6.03 Å². The normalized spacial score (nSPS) is 13.8. The summed E-state index contributed by atoms with van der Waals surface area (Å²) in [5.74, 6) is 0.490. The van der Waals surface area contributed by atoms with Crippen LogP contribution in [0.5, 0.6) is 0 Å². The largest absolute Gasteiger partial charge is 0.387 e. The van der Waals surface area contributed by atoms with Crippen LogP contribution in [-0.4, -0.2) is 17.7 Å². The molecule has 6 heteroatoms. The zero-order valence-electron chi connectivity index (χ0n) is 12.8. The highest BCUT2D eigenvalue weighted by Crippen LogP contribution is 2.25. The zero-order valence-corrected chi connectivity index (χ0v) is 14.4. The molecule has 0 aliphatic rings. The average molecular weight is 338 g/mol. The lowest BCUT2D eigenvalue weighted by atomic mass is 10.0. The third kappa shape index (κ3) is 5.12. The van der Waals surface area contributed by atoms with Crippen molar-refractivity contribution in [2.45, 2.75) is 32.4 Å². The summed E-state index contributed by atoms with van der Waals surface area (Å²) >= 11 is 3.18. The second kappa shape index (κ2) is 8.31. The maximum absolute atomic E-state index is 12.1. The molecule has 0 aliphatic carbocycles. The highest BCUT2D eigenvalue weighted by Gasteiger charge is 2.17. The van der Waals surface area contributed by atoms with E-state index in [1.165, 1.54) is 11.3 Å². The van der Waals surface area contributed by atoms with Crippen LogP contribution in [0.15, 0.2) is 34.3 Å². The molecule has 0 saturated carbocycles. The number of carbonyl (C=O) groups is 1. The van der Waals surface area contributed by atoms with Gasteiger partial charge in [-0.15, -0.1) is 11.3 Å². The van der Waals surface area contributed by atoms with Crippen molar-refractivity contribution in [1.82, 2.24) is 10.6 Å². The molecular weight excluding hydrogens is 316 g/mol. The van der Waals surface area contributed by atoms with Gasteiger partial charge in [-0.1, -0.05) is 19.9 Å². The van der Waals surface area contributed by atoms with E-state index in [4.69, 9.17) is 0 Å². The molecule has 2 aromatic heterocycles. The predicted molar refractivity (Wildman–Crippen MR) is 92.3 cm³/mol. The first kappa shape index (κ1) is 17.0. The lowest BCUT2D eigenvalue weighted by molar-refractivity contribution is 0.172. The maximum atomic E-state index is 12.1. The van der Waals surface area contributed by atoms with Gasteiger partial charge in [-0.3, -0.25) is 0 Å². The minimum absolute atomic E-state index is 0.0123. The van der Waals surface area contributed by atoms with E-state index in [0.29, 0.717) is 5.92 Å². The van der Waals surface area contributed by atoms with Gasteiger partial charge in [0.15, 0.2) is 0 Å². The first-order chi connectivity index (χ1) is 10.6. The molecule has 2 amide bonds. The molecule has 0 aliphatic heterocycles. The van der Waals surface area contributed by atoms with Crippen molar-refractivity contribution in [3.63, 3.8) is 0 Å². The number of thiophene rings is 2. The van der Waals surface area contributed by atoms with Crippen LogP contribution in [0.1, 0.15) is 42.9 Å². The van der Waals surface area contributed by atoms with Gasteiger partial charge in [0.1, 0.15) is 0 Å². The van der Waals surface area contributed by atoms with Crippen LogP contribution in [0.3, 0.4) is 0 Å². The second-order valence-electron chi connectivity index (χ2n) is 5.62. The molecule has 0 fully saturated rings. The van der Waals surface area contributed by atoms with Crippen molar-refractivity contribution in [3.8, 4) is 0 Å². The van der Waals surface area contributed by atoms with Gasteiger partial charge in [-0.25, -0.2) is 4.79 Å². The number of carbonyl (C=O) groups excluding carboxylic acids is 1. The van der Waals surface area contributed by atoms with E-state index >= 15 is 0 Å². The minimum atomic E-state index is -0.665. The minimum Gasteiger partial charge on any atom is -0.387 e. The smallest absolute Gasteiger partial charge is 0.315 e. The van der Waals surface area contributed by atoms with Crippen LogP contribution in [0.4, 0.5) is 4.79 Å². The SMILES string of the molecule is CC(C)CC(NC(=O)NCC(O)c1ccsc1)c1cccs1. The van der Waals surface area contributed by atoms with Crippen molar-refractivity contribution in [3.05, 3.63) is 44.8 Å². The van der Waals surface area contributed by atoms with Crippen LogP contribution >= 0.6 is 22.7 Å². The standard InChI is InChI=1S/C16H22N2O2S2/c1-11(2)8-13(15-4-3-6-22-15)18-16(20)17-9-14(19)12-5-7-21-10-12/h3-7,10-11,13-14,19H,8-9H2,1-2H3,(H2,17,18,20). The predicted octanol–water partition coefficient (Wildman–Crippen LogP) is 3.93. The summed E-state index contributed by atoms with van der Waals surface area (Å²) in [5.41, 5.74) is 0.835. The quantitative estimate of drug-likeness (QED) is 0.716. The summed E-state index contributed by atoms with van der Waals surface area (Å²) in [6, 6.07) is 5.67. The van der Waals surface area contributed by atoms with E-state index < -0.39 is 6.10 Å². The van der Waals surface area contributed by atoms with Gasteiger partial charge in [0.05, 0.1) is 12.1 Å². The fraction of sp³-hybridized carbons (Fsp3) is 0.438. The van der Waals surface area contributed by atoms with E-state index in [1.54, 1.807) is 11.3 Å². The molecule has 2 atom stereocenters. The third-order valence-electron chi connectivity index (χ3n) is 3.28. The summed E-state index contributed by atoms with van der Waals surface area (Å²) in [6.45, 7) is 4.49. The molecule has 0 saturated heterocycles. The first-order valence-electron chi connectivity index (χ1n) is 7.34. The van der Waals surface area contributed by atoms with Crippen molar-refractivity contribution in [2.24, 2.45) is 5.92 Å². The average Bonchev–Trinajstić information content (AvgIpc) is 3.15. The van der Waals surface area contributed by atoms with Crippen molar-refractivity contribution < 1.29 is 9.90 Å². The highest BCUT2D eigenvalue weighted by molar-refractivity contribution is 7.10.